The molecule has 0 aromatic heterocycles. The Morgan fingerprint density at radius 3 is 1.60 bits per heavy atom. The monoisotopic (exact) mass is 544 g/mol. The van der Waals surface area contributed by atoms with Crippen molar-refractivity contribution in [2.24, 2.45) is 0 Å². The van der Waals surface area contributed by atoms with Crippen LogP contribution in [0.5, 0.6) is 0 Å². The minimum absolute atomic E-state index is 0. The second-order valence-corrected chi connectivity index (χ2v) is 12.7. The molecule has 0 atom stereocenters. The predicted octanol–water partition coefficient (Wildman–Crippen LogP) is 5.09. The Hall–Kier alpha value is -2.21. The van der Waals surface area contributed by atoms with Crippen LogP contribution in [0.2, 0.25) is 0 Å². The molecular weight excluding hydrogens is 507 g/mol. The zero-order valence-corrected chi connectivity index (χ0v) is 23.4. The summed E-state index contributed by atoms with van der Waals surface area (Å²) in [6.07, 6.45) is 10.2. The number of benzene rings is 4. The summed E-state index contributed by atoms with van der Waals surface area (Å²) in [5.74, 6) is 0. The summed E-state index contributed by atoms with van der Waals surface area (Å²) in [5, 5.41) is 4.51. The molecule has 0 bridgehead atoms. The summed E-state index contributed by atoms with van der Waals surface area (Å²) in [5.41, 5.74) is 2.95. The van der Waals surface area contributed by atoms with E-state index in [0.29, 0.717) is 0 Å². The molecule has 0 N–H and O–H groups in total. The fourth-order valence-corrected chi connectivity index (χ4v) is 9.64. The lowest BCUT2D eigenvalue weighted by Gasteiger charge is -2.29. The largest absolute Gasteiger partial charge is 1.00 e. The van der Waals surface area contributed by atoms with E-state index in [0.717, 1.165) is 6.16 Å². The van der Waals surface area contributed by atoms with Crippen LogP contribution in [0.15, 0.2) is 115 Å². The number of aryl methyl sites for hydroxylation is 1. The van der Waals surface area contributed by atoms with Crippen LogP contribution in [0.4, 0.5) is 0 Å². The summed E-state index contributed by atoms with van der Waals surface area (Å²) in [7, 11) is -1.88. The summed E-state index contributed by atoms with van der Waals surface area (Å²) >= 11 is 0. The van der Waals surface area contributed by atoms with E-state index >= 15 is 0 Å². The maximum atomic E-state index is 2.43. The first kappa shape index (κ1) is 27.4. The molecule has 4 aromatic carbocycles. The molecule has 0 aliphatic carbocycles. The Labute approximate surface area is 223 Å². The number of hydrogen-bond acceptors (Lipinski definition) is 0. The second-order valence-electron chi connectivity index (χ2n) is 9.27. The van der Waals surface area contributed by atoms with Gasteiger partial charge in [-0.3, -0.25) is 0 Å². The van der Waals surface area contributed by atoms with E-state index in [4.69, 9.17) is 0 Å². The zero-order valence-electron chi connectivity index (χ0n) is 21.0. The number of halogens is 1. The molecule has 0 saturated heterocycles. The van der Waals surface area contributed by atoms with E-state index in [9.17, 15) is 0 Å². The number of hydrogen-bond donors (Lipinski definition) is 0. The van der Waals surface area contributed by atoms with Gasteiger partial charge in [0.05, 0.1) is 6.16 Å². The lowest BCUT2D eigenvalue weighted by molar-refractivity contribution is -0.00000683. The van der Waals surface area contributed by atoms with Gasteiger partial charge in [-0.15, -0.1) is 0 Å². The molecule has 0 aliphatic rings. The van der Waals surface area contributed by atoms with Crippen molar-refractivity contribution in [2.75, 3.05) is 0 Å². The highest BCUT2D eigenvalue weighted by Crippen LogP contribution is 2.58. The van der Waals surface area contributed by atoms with Crippen molar-refractivity contribution in [1.82, 2.24) is 0 Å². The van der Waals surface area contributed by atoms with Gasteiger partial charge in [-0.1, -0.05) is 124 Å². The molecule has 4 rings (SSSR count). The Morgan fingerprint density at radius 1 is 0.514 bits per heavy atom. The van der Waals surface area contributed by atoms with Crippen LogP contribution >= 0.6 is 7.26 Å². The molecule has 2 heteroatoms. The molecule has 0 unspecified atom stereocenters. The molecule has 0 heterocycles. The van der Waals surface area contributed by atoms with Gasteiger partial charge >= 0.3 is 0 Å². The van der Waals surface area contributed by atoms with E-state index in [-0.39, 0.29) is 17.0 Å². The van der Waals surface area contributed by atoms with Gasteiger partial charge in [0.15, 0.2) is 0 Å². The van der Waals surface area contributed by atoms with Gasteiger partial charge in [0.25, 0.3) is 0 Å². The van der Waals surface area contributed by atoms with Crippen molar-refractivity contribution >= 4 is 23.2 Å². The fraction of sp³-hybridized carbons (Fsp3) is 0.273. The van der Waals surface area contributed by atoms with Crippen molar-refractivity contribution < 1.29 is 17.0 Å². The first-order valence-corrected chi connectivity index (χ1v) is 14.9. The van der Waals surface area contributed by atoms with Gasteiger partial charge in [-0.25, -0.2) is 0 Å². The van der Waals surface area contributed by atoms with Crippen molar-refractivity contribution in [2.45, 2.75) is 58.0 Å². The molecule has 182 valence electrons. The third-order valence-electron chi connectivity index (χ3n) is 6.86. The zero-order chi connectivity index (χ0) is 23.5. The third-order valence-corrected chi connectivity index (χ3v) is 11.3. The van der Waals surface area contributed by atoms with E-state index in [1.165, 1.54) is 66.7 Å². The molecule has 0 spiro atoms. The fourth-order valence-electron chi connectivity index (χ4n) is 5.11. The summed E-state index contributed by atoms with van der Waals surface area (Å²) < 4.78 is 0. The molecule has 0 radical (unpaired) electrons. The molecule has 0 saturated carbocycles. The quantitative estimate of drug-likeness (QED) is 0.172. The molecular formula is C33H38BrP. The smallest absolute Gasteiger partial charge is 0.116 e. The van der Waals surface area contributed by atoms with E-state index in [1.54, 1.807) is 5.30 Å². The minimum Gasteiger partial charge on any atom is -1.00 e. The third kappa shape index (κ3) is 6.93. The topological polar surface area (TPSA) is 0 Å². The lowest BCUT2D eigenvalue weighted by atomic mass is 10.1. The van der Waals surface area contributed by atoms with Gasteiger partial charge in [0.1, 0.15) is 23.2 Å². The highest BCUT2D eigenvalue weighted by Gasteiger charge is 2.46. The van der Waals surface area contributed by atoms with Gasteiger partial charge in [-0.2, -0.15) is 0 Å². The van der Waals surface area contributed by atoms with Crippen molar-refractivity contribution in [3.63, 3.8) is 0 Å². The van der Waals surface area contributed by atoms with Crippen LogP contribution in [0.25, 0.3) is 0 Å². The highest BCUT2D eigenvalue weighted by molar-refractivity contribution is 7.95. The van der Waals surface area contributed by atoms with Gasteiger partial charge < -0.3 is 17.0 Å². The first-order chi connectivity index (χ1) is 16.8. The average molecular weight is 546 g/mol. The Bertz CT molecular complexity index is 1070. The Kier molecular flexibility index (Phi) is 11.2. The van der Waals surface area contributed by atoms with E-state index in [1.807, 2.05) is 0 Å². The molecule has 0 fully saturated rings. The molecule has 0 amide bonds. The van der Waals surface area contributed by atoms with Crippen LogP contribution in [-0.2, 0) is 12.6 Å². The van der Waals surface area contributed by atoms with Crippen molar-refractivity contribution in [1.29, 1.82) is 0 Å². The van der Waals surface area contributed by atoms with Crippen molar-refractivity contribution in [3.8, 4) is 0 Å². The van der Waals surface area contributed by atoms with Crippen molar-refractivity contribution in [3.05, 3.63) is 126 Å². The minimum atomic E-state index is -1.88. The van der Waals surface area contributed by atoms with E-state index < -0.39 is 7.26 Å². The second kappa shape index (κ2) is 14.4. The summed E-state index contributed by atoms with van der Waals surface area (Å²) in [6.45, 7) is 2.29. The van der Waals surface area contributed by atoms with E-state index in [2.05, 4.69) is 122 Å². The maximum Gasteiger partial charge on any atom is 0.116 e. The molecule has 4 aromatic rings. The standard InChI is InChI=1S/C33H38P.BrH/c1-2-3-4-5-6-12-21-30-22-17-18-27-33(30)34(31-23-13-8-14-24-31,32-25-15-9-16-26-32)28-29-19-10-7-11-20-29;/h7-11,13-20,22-27H,2-6,12,21,28H2,1H3;1H/q+1;/p-1. The number of unbranched alkanes of at least 4 members (excludes halogenated alkanes) is 5. The molecule has 0 nitrogen and oxygen atoms in total. The number of rotatable bonds is 12. The SMILES string of the molecule is CCCCCCCCc1ccccc1[P+](Cc1ccccc1)(c1ccccc1)c1ccccc1.[Br-]. The average Bonchev–Trinajstić information content (AvgIpc) is 2.91. The highest BCUT2D eigenvalue weighted by atomic mass is 79.9. The van der Waals surface area contributed by atoms with Crippen LogP contribution in [0.3, 0.4) is 0 Å². The Balaban J connectivity index is 0.00000342. The molecule has 0 aliphatic heterocycles. The van der Waals surface area contributed by atoms with Crippen LogP contribution in [0, 0.1) is 0 Å². The maximum absolute atomic E-state index is 2.43. The summed E-state index contributed by atoms with van der Waals surface area (Å²) in [4.78, 5) is 0. The van der Waals surface area contributed by atoms with Gasteiger partial charge in [-0.05, 0) is 54.3 Å². The van der Waals surface area contributed by atoms with Gasteiger partial charge in [0.2, 0.25) is 0 Å². The Morgan fingerprint density at radius 2 is 1.00 bits per heavy atom. The summed E-state index contributed by atoms with van der Waals surface area (Å²) in [6, 6.07) is 43.0. The lowest BCUT2D eigenvalue weighted by Crippen LogP contribution is -3.00. The first-order valence-electron chi connectivity index (χ1n) is 13.0. The normalized spacial score (nSPS) is 11.1. The predicted molar refractivity (Wildman–Crippen MR) is 152 cm³/mol. The van der Waals surface area contributed by atoms with Gasteiger partial charge in [0, 0.05) is 0 Å². The van der Waals surface area contributed by atoms with Crippen LogP contribution in [-0.4, -0.2) is 0 Å². The van der Waals surface area contributed by atoms with Crippen LogP contribution in [0.1, 0.15) is 56.6 Å². The van der Waals surface area contributed by atoms with Crippen LogP contribution < -0.4 is 32.9 Å². The molecule has 35 heavy (non-hydrogen) atoms.